The second kappa shape index (κ2) is 8.56. The average molecular weight is 449 g/mol. The van der Waals surface area contributed by atoms with Crippen LogP contribution in [0.1, 0.15) is 35.8 Å². The van der Waals surface area contributed by atoms with E-state index in [1.165, 1.54) is 30.7 Å². The molecule has 2 atom stereocenters. The first-order valence-electron chi connectivity index (χ1n) is 9.90. The maximum atomic E-state index is 13.8. The highest BCUT2D eigenvalue weighted by Crippen LogP contribution is 2.29. The van der Waals surface area contributed by atoms with Crippen molar-refractivity contribution in [1.82, 2.24) is 19.9 Å². The van der Waals surface area contributed by atoms with Crippen LogP contribution in [0.4, 0.5) is 23.4 Å². The molecule has 7 nitrogen and oxygen atoms in total. The van der Waals surface area contributed by atoms with E-state index in [2.05, 4.69) is 20.3 Å². The Morgan fingerprint density at radius 3 is 2.69 bits per heavy atom. The Morgan fingerprint density at radius 2 is 2.03 bits per heavy atom. The smallest absolute Gasteiger partial charge is 0.434 e. The van der Waals surface area contributed by atoms with Crippen LogP contribution >= 0.6 is 0 Å². The summed E-state index contributed by atoms with van der Waals surface area (Å²) in [6.45, 7) is 2.31. The minimum atomic E-state index is -4.57. The van der Waals surface area contributed by atoms with E-state index in [0.717, 1.165) is 6.20 Å². The standard InChI is InChI=1S/C21H19F4N5O2/c1-12-16(29-18-11-27-17(10-28-18)21(23,24)25)3-2-7-30(12)20(31)14-5-4-13(22)9-15(14)19-26-6-8-32-19/h4-6,8-12,16H,2-3,7H2,1H3,(H,28,29)/t12-,16+/m0/s1. The zero-order chi connectivity index (χ0) is 22.9. The lowest BCUT2D eigenvalue weighted by Crippen LogP contribution is -2.52. The summed E-state index contributed by atoms with van der Waals surface area (Å²) >= 11 is 0. The lowest BCUT2D eigenvalue weighted by Gasteiger charge is -2.40. The minimum Gasteiger partial charge on any atom is -0.445 e. The van der Waals surface area contributed by atoms with E-state index in [-0.39, 0.29) is 40.8 Å². The van der Waals surface area contributed by atoms with Crippen LogP contribution in [0.25, 0.3) is 11.5 Å². The Balaban J connectivity index is 1.54. The number of nitrogens with zero attached hydrogens (tertiary/aromatic N) is 4. The molecule has 1 aliphatic rings. The van der Waals surface area contributed by atoms with Crippen LogP contribution < -0.4 is 5.32 Å². The molecule has 11 heteroatoms. The number of benzene rings is 1. The molecule has 168 valence electrons. The summed E-state index contributed by atoms with van der Waals surface area (Å²) < 4.78 is 57.2. The number of hydrogen-bond acceptors (Lipinski definition) is 6. The van der Waals surface area contributed by atoms with Crippen molar-refractivity contribution in [3.05, 3.63) is 60.1 Å². The van der Waals surface area contributed by atoms with Gasteiger partial charge in [-0.05, 0) is 38.0 Å². The molecule has 0 aliphatic carbocycles. The number of piperidine rings is 1. The van der Waals surface area contributed by atoms with Crippen molar-refractivity contribution >= 4 is 11.7 Å². The molecule has 0 saturated carbocycles. The van der Waals surface area contributed by atoms with E-state index in [9.17, 15) is 22.4 Å². The van der Waals surface area contributed by atoms with Gasteiger partial charge in [-0.1, -0.05) is 0 Å². The summed E-state index contributed by atoms with van der Waals surface area (Å²) in [6.07, 6.45) is 1.21. The van der Waals surface area contributed by atoms with Crippen LogP contribution in [0.5, 0.6) is 0 Å². The van der Waals surface area contributed by atoms with Crippen molar-refractivity contribution in [3.63, 3.8) is 0 Å². The number of hydrogen-bond donors (Lipinski definition) is 1. The zero-order valence-electron chi connectivity index (χ0n) is 16.9. The normalized spacial score (nSPS) is 19.1. The van der Waals surface area contributed by atoms with E-state index >= 15 is 0 Å². The third-order valence-corrected chi connectivity index (χ3v) is 5.40. The molecule has 3 heterocycles. The van der Waals surface area contributed by atoms with Crippen LogP contribution in [-0.4, -0.2) is 44.4 Å². The fraction of sp³-hybridized carbons (Fsp3) is 0.333. The summed E-state index contributed by atoms with van der Waals surface area (Å²) in [5, 5.41) is 3.07. The van der Waals surface area contributed by atoms with Gasteiger partial charge in [0.1, 0.15) is 17.9 Å². The Morgan fingerprint density at radius 1 is 1.22 bits per heavy atom. The molecule has 1 fully saturated rings. The third-order valence-electron chi connectivity index (χ3n) is 5.40. The van der Waals surface area contributed by atoms with Crippen LogP contribution in [0.15, 0.2) is 47.5 Å². The van der Waals surface area contributed by atoms with E-state index in [1.807, 2.05) is 6.92 Å². The fourth-order valence-corrected chi connectivity index (χ4v) is 3.75. The lowest BCUT2D eigenvalue weighted by molar-refractivity contribution is -0.141. The van der Waals surface area contributed by atoms with Gasteiger partial charge in [-0.3, -0.25) is 4.79 Å². The molecule has 0 unspecified atom stereocenters. The topological polar surface area (TPSA) is 84.2 Å². The second-order valence-electron chi connectivity index (χ2n) is 7.44. The van der Waals surface area contributed by atoms with Gasteiger partial charge in [0.05, 0.1) is 29.7 Å². The molecule has 1 amide bonds. The number of alkyl halides is 3. The third kappa shape index (κ3) is 4.41. The highest BCUT2D eigenvalue weighted by Gasteiger charge is 2.35. The molecule has 0 radical (unpaired) electrons. The first-order valence-corrected chi connectivity index (χ1v) is 9.90. The quantitative estimate of drug-likeness (QED) is 0.595. The highest BCUT2D eigenvalue weighted by molar-refractivity contribution is 6.00. The van der Waals surface area contributed by atoms with Gasteiger partial charge < -0.3 is 14.6 Å². The predicted molar refractivity (Wildman–Crippen MR) is 106 cm³/mol. The molecule has 2 aromatic heterocycles. The van der Waals surface area contributed by atoms with Crippen LogP contribution in [0, 0.1) is 5.82 Å². The number of nitrogens with one attached hydrogen (secondary N) is 1. The SMILES string of the molecule is C[C@H]1[C@H](Nc2cnc(C(F)(F)F)cn2)CCCN1C(=O)c1ccc(F)cc1-c1ncco1. The number of halogens is 4. The van der Waals surface area contributed by atoms with Gasteiger partial charge in [0, 0.05) is 18.6 Å². The molecule has 1 N–H and O–H groups in total. The second-order valence-corrected chi connectivity index (χ2v) is 7.44. The molecule has 3 aromatic rings. The summed E-state index contributed by atoms with van der Waals surface area (Å²) in [6, 6.07) is 3.21. The van der Waals surface area contributed by atoms with Gasteiger partial charge in [-0.15, -0.1) is 0 Å². The van der Waals surface area contributed by atoms with Crippen LogP contribution in [-0.2, 0) is 6.18 Å². The van der Waals surface area contributed by atoms with Crippen molar-refractivity contribution in [2.24, 2.45) is 0 Å². The largest absolute Gasteiger partial charge is 0.445 e. The average Bonchev–Trinajstić information content (AvgIpc) is 3.29. The fourth-order valence-electron chi connectivity index (χ4n) is 3.75. The van der Waals surface area contributed by atoms with Gasteiger partial charge in [-0.2, -0.15) is 13.2 Å². The first-order chi connectivity index (χ1) is 15.2. The predicted octanol–water partition coefficient (Wildman–Crippen LogP) is 4.39. The maximum Gasteiger partial charge on any atom is 0.434 e. The molecule has 32 heavy (non-hydrogen) atoms. The van der Waals surface area contributed by atoms with Gasteiger partial charge in [-0.25, -0.2) is 19.3 Å². The minimum absolute atomic E-state index is 0.132. The monoisotopic (exact) mass is 449 g/mol. The molecule has 1 aromatic carbocycles. The van der Waals surface area contributed by atoms with E-state index in [4.69, 9.17) is 4.42 Å². The van der Waals surface area contributed by atoms with E-state index < -0.39 is 17.7 Å². The maximum absolute atomic E-state index is 13.8. The summed E-state index contributed by atoms with van der Waals surface area (Å²) in [7, 11) is 0. The van der Waals surface area contributed by atoms with Crippen LogP contribution in [0.3, 0.4) is 0 Å². The van der Waals surface area contributed by atoms with Crippen molar-refractivity contribution in [1.29, 1.82) is 0 Å². The molecule has 1 saturated heterocycles. The van der Waals surface area contributed by atoms with Crippen molar-refractivity contribution < 1.29 is 26.8 Å². The first kappa shape index (κ1) is 21.7. The zero-order valence-corrected chi connectivity index (χ0v) is 16.9. The molecular formula is C21H19F4N5O2. The van der Waals surface area contributed by atoms with Crippen molar-refractivity contribution in [3.8, 4) is 11.5 Å². The number of anilines is 1. The van der Waals surface area contributed by atoms with Crippen LogP contribution in [0.2, 0.25) is 0 Å². The highest BCUT2D eigenvalue weighted by atomic mass is 19.4. The van der Waals surface area contributed by atoms with Gasteiger partial charge in [0.2, 0.25) is 5.89 Å². The van der Waals surface area contributed by atoms with Crippen molar-refractivity contribution in [2.75, 3.05) is 11.9 Å². The Bertz CT molecular complexity index is 1090. The molecular weight excluding hydrogens is 430 g/mol. The molecule has 0 bridgehead atoms. The van der Waals surface area contributed by atoms with Gasteiger partial charge >= 0.3 is 6.18 Å². The Kier molecular flexibility index (Phi) is 5.81. The van der Waals surface area contributed by atoms with E-state index in [0.29, 0.717) is 25.6 Å². The number of carbonyl (C=O) groups excluding carboxylic acids is 1. The number of likely N-dealkylation sites (tertiary alicyclic amines) is 1. The molecule has 1 aliphatic heterocycles. The summed E-state index contributed by atoms with van der Waals surface area (Å²) in [4.78, 5) is 26.2. The van der Waals surface area contributed by atoms with Gasteiger partial charge in [0.15, 0.2) is 5.69 Å². The Hall–Kier alpha value is -3.50. The molecule has 4 rings (SSSR count). The summed E-state index contributed by atoms with van der Waals surface area (Å²) in [5.41, 5.74) is -0.585. The number of rotatable bonds is 4. The van der Waals surface area contributed by atoms with Crippen molar-refractivity contribution in [2.45, 2.75) is 38.0 Å². The summed E-state index contributed by atoms with van der Waals surface area (Å²) in [5.74, 6) is -0.531. The van der Waals surface area contributed by atoms with E-state index in [1.54, 1.807) is 4.90 Å². The number of aromatic nitrogens is 3. The number of amides is 1. The number of oxazole rings is 1. The Labute approximate surface area is 180 Å². The molecule has 0 spiro atoms. The number of carbonyl (C=O) groups is 1. The lowest BCUT2D eigenvalue weighted by atomic mass is 9.95. The van der Waals surface area contributed by atoms with Gasteiger partial charge in [0.25, 0.3) is 5.91 Å².